The lowest BCUT2D eigenvalue weighted by atomic mass is 9.95. The third kappa shape index (κ3) is 4.32. The minimum Gasteiger partial charge on any atom is -0.489 e. The number of rotatable bonds is 8. The molecule has 0 aliphatic heterocycles. The van der Waals surface area contributed by atoms with Gasteiger partial charge in [0.15, 0.2) is 0 Å². The number of fused-ring (bicyclic) bond motifs is 1. The van der Waals surface area contributed by atoms with Gasteiger partial charge in [0.2, 0.25) is 0 Å². The first-order valence-electron chi connectivity index (χ1n) is 11.3. The molecule has 32 heavy (non-hydrogen) atoms. The van der Waals surface area contributed by atoms with E-state index < -0.39 is 0 Å². The van der Waals surface area contributed by atoms with E-state index in [1.807, 2.05) is 29.5 Å². The van der Waals surface area contributed by atoms with Crippen molar-refractivity contribution in [1.82, 2.24) is 20.6 Å². The van der Waals surface area contributed by atoms with Gasteiger partial charge in [-0.25, -0.2) is 5.10 Å². The largest absolute Gasteiger partial charge is 0.489 e. The summed E-state index contributed by atoms with van der Waals surface area (Å²) in [7, 11) is 0. The van der Waals surface area contributed by atoms with E-state index in [0.29, 0.717) is 13.0 Å². The van der Waals surface area contributed by atoms with Crippen LogP contribution in [-0.4, -0.2) is 20.6 Å². The molecule has 4 aromatic rings. The smallest absolute Gasteiger partial charge is 0.149 e. The highest BCUT2D eigenvalue weighted by Gasteiger charge is 2.21. The molecule has 0 spiro atoms. The average molecular weight is 445 g/mol. The number of nitrogens with one attached hydrogen (secondary N) is 1. The molecule has 2 heterocycles. The van der Waals surface area contributed by atoms with Crippen molar-refractivity contribution in [2.24, 2.45) is 0 Å². The molecule has 164 valence electrons. The molecule has 1 aliphatic carbocycles. The minimum atomic E-state index is 0.149. The van der Waals surface area contributed by atoms with E-state index in [4.69, 9.17) is 4.74 Å². The standard InChI is InChI=1S/C26H28N4OS/c1-3-19(14-25-27-29-30-28-25)20-8-10-22(11-9-20)31-15-18-12-17(2)26-23(13-18)24(16-32-26)21-6-4-5-7-21/h3,8-13,16,19,21H,1,4-7,14-15H2,2H3,(H,27,28,29,30). The lowest BCUT2D eigenvalue weighted by Crippen LogP contribution is -2.02. The number of tetrazole rings is 1. The monoisotopic (exact) mass is 444 g/mol. The normalized spacial score (nSPS) is 15.3. The van der Waals surface area contributed by atoms with E-state index >= 15 is 0 Å². The number of benzene rings is 2. The molecule has 1 fully saturated rings. The topological polar surface area (TPSA) is 63.7 Å². The van der Waals surface area contributed by atoms with Crippen molar-refractivity contribution in [2.45, 2.75) is 57.5 Å². The van der Waals surface area contributed by atoms with Crippen LogP contribution in [0.5, 0.6) is 5.75 Å². The number of aromatic amines is 1. The van der Waals surface area contributed by atoms with Crippen LogP contribution in [0.2, 0.25) is 0 Å². The maximum Gasteiger partial charge on any atom is 0.149 e. The Bertz CT molecular complexity index is 1190. The fourth-order valence-corrected chi connectivity index (χ4v) is 5.94. The van der Waals surface area contributed by atoms with Crippen LogP contribution in [0.3, 0.4) is 0 Å². The van der Waals surface area contributed by atoms with Crippen molar-refractivity contribution in [3.63, 3.8) is 0 Å². The van der Waals surface area contributed by atoms with Crippen molar-refractivity contribution in [3.8, 4) is 5.75 Å². The number of nitrogens with zero attached hydrogens (tertiary/aromatic N) is 3. The van der Waals surface area contributed by atoms with Gasteiger partial charge in [-0.3, -0.25) is 0 Å². The van der Waals surface area contributed by atoms with Crippen molar-refractivity contribution in [2.75, 3.05) is 0 Å². The Morgan fingerprint density at radius 3 is 2.75 bits per heavy atom. The van der Waals surface area contributed by atoms with Gasteiger partial charge in [0.1, 0.15) is 18.2 Å². The summed E-state index contributed by atoms with van der Waals surface area (Å²) >= 11 is 1.89. The number of ether oxygens (including phenoxy) is 1. The molecule has 1 atom stereocenters. The molecule has 1 saturated carbocycles. The van der Waals surface area contributed by atoms with Crippen LogP contribution in [0.25, 0.3) is 10.1 Å². The molecule has 1 aliphatic rings. The van der Waals surface area contributed by atoms with Crippen molar-refractivity contribution in [3.05, 3.63) is 82.5 Å². The van der Waals surface area contributed by atoms with Crippen LogP contribution in [0.4, 0.5) is 0 Å². The SMILES string of the molecule is C=CC(Cc1nnn[nH]1)c1ccc(OCc2cc(C)c3scc(C4CCCC4)c3c2)cc1. The predicted octanol–water partition coefficient (Wildman–Crippen LogP) is 6.47. The van der Waals surface area contributed by atoms with Crippen LogP contribution in [0, 0.1) is 6.92 Å². The van der Waals surface area contributed by atoms with E-state index in [2.05, 4.69) is 63.8 Å². The summed E-state index contributed by atoms with van der Waals surface area (Å²) in [6, 6.07) is 12.9. The molecule has 5 nitrogen and oxygen atoms in total. The summed E-state index contributed by atoms with van der Waals surface area (Å²) in [5.41, 5.74) is 5.30. The van der Waals surface area contributed by atoms with Crippen LogP contribution < -0.4 is 4.74 Å². The van der Waals surface area contributed by atoms with E-state index in [-0.39, 0.29) is 5.92 Å². The molecule has 6 heteroatoms. The third-order valence-corrected chi connectivity index (χ3v) is 7.69. The molecule has 2 aromatic heterocycles. The van der Waals surface area contributed by atoms with E-state index in [1.165, 1.54) is 52.5 Å². The Morgan fingerprint density at radius 1 is 1.22 bits per heavy atom. The zero-order valence-corrected chi connectivity index (χ0v) is 19.2. The highest BCUT2D eigenvalue weighted by Crippen LogP contribution is 2.41. The summed E-state index contributed by atoms with van der Waals surface area (Å²) < 4.78 is 7.58. The van der Waals surface area contributed by atoms with Crippen LogP contribution >= 0.6 is 11.3 Å². The zero-order chi connectivity index (χ0) is 21.9. The molecule has 5 rings (SSSR count). The minimum absolute atomic E-state index is 0.149. The Labute approximate surface area is 192 Å². The summed E-state index contributed by atoms with van der Waals surface area (Å²) in [5.74, 6) is 2.51. The lowest BCUT2D eigenvalue weighted by Gasteiger charge is -2.13. The summed E-state index contributed by atoms with van der Waals surface area (Å²) in [6.07, 6.45) is 8.01. The number of H-pyrrole nitrogens is 1. The average Bonchev–Trinajstić information content (AvgIpc) is 3.58. The number of hydrogen-bond donors (Lipinski definition) is 1. The second kappa shape index (κ2) is 9.25. The quantitative estimate of drug-likeness (QED) is 0.316. The molecule has 0 bridgehead atoms. The molecule has 1 unspecified atom stereocenters. The Kier molecular flexibility index (Phi) is 6.04. The van der Waals surface area contributed by atoms with Crippen LogP contribution in [0.1, 0.15) is 65.6 Å². The van der Waals surface area contributed by atoms with E-state index in [1.54, 1.807) is 5.56 Å². The van der Waals surface area contributed by atoms with Gasteiger partial charge in [0, 0.05) is 17.0 Å². The first-order valence-corrected chi connectivity index (χ1v) is 12.2. The van der Waals surface area contributed by atoms with Crippen molar-refractivity contribution >= 4 is 21.4 Å². The van der Waals surface area contributed by atoms with Crippen molar-refractivity contribution < 1.29 is 4.74 Å². The van der Waals surface area contributed by atoms with Gasteiger partial charge in [-0.1, -0.05) is 37.1 Å². The second-order valence-corrected chi connectivity index (χ2v) is 9.59. The maximum atomic E-state index is 6.15. The number of allylic oxidation sites excluding steroid dienone is 1. The first-order chi connectivity index (χ1) is 15.7. The van der Waals surface area contributed by atoms with Crippen LogP contribution in [-0.2, 0) is 13.0 Å². The Morgan fingerprint density at radius 2 is 2.03 bits per heavy atom. The molecular weight excluding hydrogens is 416 g/mol. The fraction of sp³-hybridized carbons (Fsp3) is 0.346. The number of thiophene rings is 1. The number of aryl methyl sites for hydroxylation is 1. The highest BCUT2D eigenvalue weighted by molar-refractivity contribution is 7.17. The molecular formula is C26H28N4OS. The van der Waals surface area contributed by atoms with Gasteiger partial charge < -0.3 is 4.74 Å². The molecule has 1 N–H and O–H groups in total. The third-order valence-electron chi connectivity index (χ3n) is 6.54. The van der Waals surface area contributed by atoms with Gasteiger partial charge in [-0.15, -0.1) is 23.0 Å². The Hall–Kier alpha value is -2.99. The predicted molar refractivity (Wildman–Crippen MR) is 129 cm³/mol. The van der Waals surface area contributed by atoms with Gasteiger partial charge in [0.25, 0.3) is 0 Å². The molecule has 2 aromatic carbocycles. The molecule has 0 saturated heterocycles. The van der Waals surface area contributed by atoms with Gasteiger partial charge >= 0.3 is 0 Å². The molecule has 0 amide bonds. The van der Waals surface area contributed by atoms with Gasteiger partial charge in [0.05, 0.1) is 0 Å². The zero-order valence-electron chi connectivity index (χ0n) is 18.4. The van der Waals surface area contributed by atoms with Gasteiger partial charge in [-0.2, -0.15) is 0 Å². The first kappa shape index (κ1) is 20.9. The van der Waals surface area contributed by atoms with Crippen LogP contribution in [0.15, 0.2) is 54.4 Å². The highest BCUT2D eigenvalue weighted by atomic mass is 32.1. The summed E-state index contributed by atoms with van der Waals surface area (Å²) in [5, 5.41) is 17.9. The fourth-order valence-electron chi connectivity index (χ4n) is 4.83. The maximum absolute atomic E-state index is 6.15. The second-order valence-electron chi connectivity index (χ2n) is 8.71. The summed E-state index contributed by atoms with van der Waals surface area (Å²) in [4.78, 5) is 0. The lowest BCUT2D eigenvalue weighted by molar-refractivity contribution is 0.306. The van der Waals surface area contributed by atoms with E-state index in [0.717, 1.165) is 17.5 Å². The number of hydrogen-bond acceptors (Lipinski definition) is 5. The summed E-state index contributed by atoms with van der Waals surface area (Å²) in [6.45, 7) is 6.76. The van der Waals surface area contributed by atoms with E-state index in [9.17, 15) is 0 Å². The Balaban J connectivity index is 1.29. The molecule has 0 radical (unpaired) electrons. The number of aromatic nitrogens is 4. The van der Waals surface area contributed by atoms with Gasteiger partial charge in [-0.05, 0) is 87.3 Å². The van der Waals surface area contributed by atoms with Crippen molar-refractivity contribution in [1.29, 1.82) is 0 Å².